The van der Waals surface area contributed by atoms with Crippen molar-refractivity contribution >= 4 is 16.8 Å². The number of hydrogen-bond donors (Lipinski definition) is 1. The molecule has 1 amide bonds. The third kappa shape index (κ3) is 2.68. The van der Waals surface area contributed by atoms with Crippen molar-refractivity contribution in [1.82, 2.24) is 4.98 Å². The molecule has 18 heavy (non-hydrogen) atoms. The van der Waals surface area contributed by atoms with Gasteiger partial charge < -0.3 is 10.5 Å². The molecule has 2 aromatic rings. The maximum absolute atomic E-state index is 12.0. The zero-order valence-electron chi connectivity index (χ0n) is 8.86. The highest BCUT2D eigenvalue weighted by Crippen LogP contribution is 2.25. The van der Waals surface area contributed by atoms with Crippen molar-refractivity contribution in [1.29, 1.82) is 0 Å². The quantitative estimate of drug-likeness (QED) is 0.896. The zero-order valence-corrected chi connectivity index (χ0v) is 8.86. The molecule has 0 aliphatic rings. The Morgan fingerprint density at radius 2 is 2.00 bits per heavy atom. The number of amides is 1. The molecule has 0 radical (unpaired) electrons. The van der Waals surface area contributed by atoms with E-state index < -0.39 is 12.3 Å². The van der Waals surface area contributed by atoms with Crippen LogP contribution in [0.25, 0.3) is 10.9 Å². The van der Waals surface area contributed by atoms with Gasteiger partial charge in [0.15, 0.2) is 0 Å². The van der Waals surface area contributed by atoms with E-state index in [0.717, 1.165) is 12.1 Å². The smallest absolute Gasteiger partial charge is 0.406 e. The molecular weight excluding hydrogens is 249 g/mol. The molecule has 0 atom stereocenters. The predicted octanol–water partition coefficient (Wildman–Crippen LogP) is 2.23. The third-order valence-electron chi connectivity index (χ3n) is 2.17. The standard InChI is InChI=1S/C11H7F3N2O2/c12-11(13,14)18-8-2-1-6-3-7(10(15)17)5-16-9(6)4-8/h1-5H,(H2,15,17). The number of hydrogen-bond acceptors (Lipinski definition) is 3. The lowest BCUT2D eigenvalue weighted by atomic mass is 10.1. The highest BCUT2D eigenvalue weighted by molar-refractivity contribution is 5.96. The monoisotopic (exact) mass is 256 g/mol. The minimum atomic E-state index is -4.75. The molecule has 2 rings (SSSR count). The number of halogens is 3. The Morgan fingerprint density at radius 3 is 2.61 bits per heavy atom. The van der Waals surface area contributed by atoms with Crippen LogP contribution in [0.1, 0.15) is 10.4 Å². The number of alkyl halides is 3. The summed E-state index contributed by atoms with van der Waals surface area (Å²) in [6, 6.07) is 5.09. The van der Waals surface area contributed by atoms with Crippen LogP contribution in [-0.2, 0) is 0 Å². The average Bonchev–Trinajstić information content (AvgIpc) is 2.26. The van der Waals surface area contributed by atoms with Crippen molar-refractivity contribution in [2.75, 3.05) is 0 Å². The SMILES string of the molecule is NC(=O)c1cnc2cc(OC(F)(F)F)ccc2c1. The second-order valence-electron chi connectivity index (χ2n) is 3.49. The van der Waals surface area contributed by atoms with Crippen LogP contribution >= 0.6 is 0 Å². The van der Waals surface area contributed by atoms with E-state index in [1.807, 2.05) is 0 Å². The summed E-state index contributed by atoms with van der Waals surface area (Å²) in [6.07, 6.45) is -3.55. The van der Waals surface area contributed by atoms with Gasteiger partial charge in [-0.3, -0.25) is 9.78 Å². The van der Waals surface area contributed by atoms with Gasteiger partial charge in [0, 0.05) is 17.6 Å². The van der Waals surface area contributed by atoms with Gasteiger partial charge in [-0.05, 0) is 18.2 Å². The molecule has 94 valence electrons. The first-order chi connectivity index (χ1) is 8.35. The summed E-state index contributed by atoms with van der Waals surface area (Å²) in [4.78, 5) is 14.8. The van der Waals surface area contributed by atoms with Crippen LogP contribution in [0.5, 0.6) is 5.75 Å². The summed E-state index contributed by atoms with van der Waals surface area (Å²) in [5.41, 5.74) is 5.53. The summed E-state index contributed by atoms with van der Waals surface area (Å²) in [5.74, 6) is -1.02. The Balaban J connectivity index is 2.41. The number of benzene rings is 1. The summed E-state index contributed by atoms with van der Waals surface area (Å²) in [5, 5.41) is 0.501. The Labute approximate surface area is 99.2 Å². The van der Waals surface area contributed by atoms with Gasteiger partial charge in [0.25, 0.3) is 0 Å². The molecule has 4 nitrogen and oxygen atoms in total. The van der Waals surface area contributed by atoms with Crippen LogP contribution in [-0.4, -0.2) is 17.3 Å². The molecule has 0 spiro atoms. The van der Waals surface area contributed by atoms with Crippen LogP contribution in [0, 0.1) is 0 Å². The number of ether oxygens (including phenoxy) is 1. The van der Waals surface area contributed by atoms with Crippen LogP contribution in [0.15, 0.2) is 30.5 Å². The number of carbonyl (C=O) groups is 1. The summed E-state index contributed by atoms with van der Waals surface area (Å²) < 4.78 is 39.8. The lowest BCUT2D eigenvalue weighted by Crippen LogP contribution is -2.17. The van der Waals surface area contributed by atoms with Gasteiger partial charge in [-0.25, -0.2) is 0 Å². The molecule has 1 aromatic heterocycles. The van der Waals surface area contributed by atoms with Gasteiger partial charge in [0.1, 0.15) is 5.75 Å². The number of nitrogens with zero attached hydrogens (tertiary/aromatic N) is 1. The third-order valence-corrected chi connectivity index (χ3v) is 2.17. The van der Waals surface area contributed by atoms with Gasteiger partial charge in [0.2, 0.25) is 5.91 Å². The highest BCUT2D eigenvalue weighted by atomic mass is 19.4. The van der Waals surface area contributed by atoms with E-state index in [9.17, 15) is 18.0 Å². The van der Waals surface area contributed by atoms with Gasteiger partial charge in [-0.1, -0.05) is 0 Å². The van der Waals surface area contributed by atoms with Crippen LogP contribution in [0.3, 0.4) is 0 Å². The molecule has 0 aliphatic carbocycles. The summed E-state index contributed by atoms with van der Waals surface area (Å²) in [7, 11) is 0. The predicted molar refractivity (Wildman–Crippen MR) is 56.9 cm³/mol. The van der Waals surface area contributed by atoms with Gasteiger partial charge in [-0.2, -0.15) is 0 Å². The largest absolute Gasteiger partial charge is 0.573 e. The first kappa shape index (κ1) is 12.2. The number of rotatable bonds is 2. The topological polar surface area (TPSA) is 65.2 Å². The fraction of sp³-hybridized carbons (Fsp3) is 0.0909. The lowest BCUT2D eigenvalue weighted by molar-refractivity contribution is -0.274. The van der Waals surface area contributed by atoms with Gasteiger partial charge in [0.05, 0.1) is 11.1 Å². The first-order valence-electron chi connectivity index (χ1n) is 4.80. The number of pyridine rings is 1. The van der Waals surface area contributed by atoms with E-state index in [0.29, 0.717) is 5.39 Å². The molecule has 1 heterocycles. The van der Waals surface area contributed by atoms with E-state index >= 15 is 0 Å². The molecule has 1 aromatic carbocycles. The van der Waals surface area contributed by atoms with Crippen molar-refractivity contribution in [2.24, 2.45) is 5.73 Å². The van der Waals surface area contributed by atoms with Gasteiger partial charge in [-0.15, -0.1) is 13.2 Å². The average molecular weight is 256 g/mol. The molecule has 0 aliphatic heterocycles. The molecule has 0 bridgehead atoms. The van der Waals surface area contributed by atoms with E-state index in [1.165, 1.54) is 18.3 Å². The van der Waals surface area contributed by atoms with Crippen molar-refractivity contribution in [3.8, 4) is 5.75 Å². The molecule has 0 fully saturated rings. The Kier molecular flexibility index (Phi) is 2.82. The molecule has 7 heteroatoms. The van der Waals surface area contributed by atoms with Crippen LogP contribution in [0.2, 0.25) is 0 Å². The maximum atomic E-state index is 12.0. The number of aromatic nitrogens is 1. The van der Waals surface area contributed by atoms with Crippen LogP contribution < -0.4 is 10.5 Å². The van der Waals surface area contributed by atoms with Crippen LogP contribution in [0.4, 0.5) is 13.2 Å². The van der Waals surface area contributed by atoms with Crippen molar-refractivity contribution in [2.45, 2.75) is 6.36 Å². The first-order valence-corrected chi connectivity index (χ1v) is 4.80. The van der Waals surface area contributed by atoms with E-state index in [1.54, 1.807) is 0 Å². The molecule has 0 saturated carbocycles. The molecular formula is C11H7F3N2O2. The Morgan fingerprint density at radius 1 is 1.28 bits per heavy atom. The lowest BCUT2D eigenvalue weighted by Gasteiger charge is -2.09. The van der Waals surface area contributed by atoms with E-state index in [2.05, 4.69) is 9.72 Å². The molecule has 0 unspecified atom stereocenters. The normalized spacial score (nSPS) is 11.5. The number of primary amides is 1. The minimum Gasteiger partial charge on any atom is -0.406 e. The summed E-state index contributed by atoms with van der Waals surface area (Å²) in [6.45, 7) is 0. The van der Waals surface area contributed by atoms with Crippen molar-refractivity contribution in [3.63, 3.8) is 0 Å². The van der Waals surface area contributed by atoms with Crippen molar-refractivity contribution < 1.29 is 22.7 Å². The number of nitrogens with two attached hydrogens (primary N) is 1. The fourth-order valence-corrected chi connectivity index (χ4v) is 1.43. The van der Waals surface area contributed by atoms with Gasteiger partial charge >= 0.3 is 6.36 Å². The Hall–Kier alpha value is -2.31. The van der Waals surface area contributed by atoms with E-state index in [-0.39, 0.29) is 16.8 Å². The second-order valence-corrected chi connectivity index (χ2v) is 3.49. The minimum absolute atomic E-state index is 0.187. The maximum Gasteiger partial charge on any atom is 0.573 e. The Bertz CT molecular complexity index is 611. The molecule has 0 saturated heterocycles. The zero-order chi connectivity index (χ0) is 13.3. The number of carbonyl (C=O) groups excluding carboxylic acids is 1. The number of fused-ring (bicyclic) bond motifs is 1. The second kappa shape index (κ2) is 4.17. The summed E-state index contributed by atoms with van der Waals surface area (Å²) >= 11 is 0. The van der Waals surface area contributed by atoms with E-state index in [4.69, 9.17) is 5.73 Å². The molecule has 2 N–H and O–H groups in total. The fourth-order valence-electron chi connectivity index (χ4n) is 1.43. The highest BCUT2D eigenvalue weighted by Gasteiger charge is 2.31. The van der Waals surface area contributed by atoms with Crippen molar-refractivity contribution in [3.05, 3.63) is 36.0 Å².